The van der Waals surface area contributed by atoms with Gasteiger partial charge in [-0.15, -0.1) is 9.19 Å². The molecule has 1 rings (SSSR count). The summed E-state index contributed by atoms with van der Waals surface area (Å²) >= 11 is 0. The zero-order valence-electron chi connectivity index (χ0n) is 5.00. The summed E-state index contributed by atoms with van der Waals surface area (Å²) in [4.78, 5) is 0. The average Bonchev–Trinajstić information content (AvgIpc) is 2.08. The summed E-state index contributed by atoms with van der Waals surface area (Å²) in [6, 6.07) is 0. The molecule has 0 aliphatic carbocycles. The van der Waals surface area contributed by atoms with Gasteiger partial charge >= 0.3 is 29.6 Å². The van der Waals surface area contributed by atoms with E-state index in [-0.39, 0.29) is 33.6 Å². The van der Waals surface area contributed by atoms with Crippen LogP contribution in [0.25, 0.3) is 0 Å². The zero-order valence-corrected chi connectivity index (χ0v) is 7.82. The maximum atomic E-state index is 9.96. The fourth-order valence-corrected chi connectivity index (χ4v) is 0.535. The van der Waals surface area contributed by atoms with Crippen LogP contribution in [0.2, 0.25) is 0 Å². The molecule has 0 fully saturated rings. The Balaban J connectivity index is 0.000000810. The second-order valence-corrected chi connectivity index (χ2v) is 2.37. The van der Waals surface area contributed by atoms with Crippen molar-refractivity contribution in [3.05, 3.63) is 6.33 Å². The summed E-state index contributed by atoms with van der Waals surface area (Å²) in [6.45, 7) is 0. The fraction of sp³-hybridized carbons (Fsp3) is 0. The van der Waals surface area contributed by atoms with E-state index in [1.807, 2.05) is 0 Å². The first kappa shape index (κ1) is 9.98. The Kier molecular flexibility index (Phi) is 3.39. The molecule has 9 heteroatoms. The predicted molar refractivity (Wildman–Crippen MR) is 22.9 cm³/mol. The molecular weight excluding hydrogens is 171 g/mol. The maximum Gasteiger partial charge on any atom is 1.00 e. The van der Waals surface area contributed by atoms with Crippen LogP contribution in [0.15, 0.2) is 6.33 Å². The zero-order chi connectivity index (χ0) is 6.91. The van der Waals surface area contributed by atoms with E-state index in [0.717, 1.165) is 0 Å². The molecule has 0 atom stereocenters. The van der Waals surface area contributed by atoms with Crippen LogP contribution in [0.5, 0.6) is 0 Å². The van der Waals surface area contributed by atoms with Crippen LogP contribution in [0.4, 0.5) is 0 Å². The Bertz CT molecular complexity index is 277. The Morgan fingerprint density at radius 2 is 2.10 bits per heavy atom. The molecule has 0 radical (unpaired) electrons. The number of nitrogens with zero attached hydrogens (tertiary/aromatic N) is 4. The summed E-state index contributed by atoms with van der Waals surface area (Å²) in [5, 5.41) is 8.73. The average molecular weight is 172 g/mol. The molecule has 0 N–H and O–H groups in total. The van der Waals surface area contributed by atoms with Crippen molar-refractivity contribution in [2.75, 3.05) is 0 Å². The molecule has 0 saturated carbocycles. The van der Waals surface area contributed by atoms with Gasteiger partial charge in [-0.3, -0.25) is 0 Å². The number of hydrogen-bond donors (Lipinski definition) is 0. The van der Waals surface area contributed by atoms with Crippen molar-refractivity contribution < 1.29 is 42.5 Å². The Morgan fingerprint density at radius 3 is 2.30 bits per heavy atom. The van der Waals surface area contributed by atoms with Gasteiger partial charge in [-0.05, 0) is 10.4 Å². The second kappa shape index (κ2) is 3.39. The van der Waals surface area contributed by atoms with Gasteiger partial charge in [0, 0.05) is 0 Å². The SMILES string of the molecule is O=S(=O)([O-])n1cnnn1.[Na+]. The van der Waals surface area contributed by atoms with Gasteiger partial charge in [-0.1, -0.05) is 0 Å². The normalized spacial score (nSPS) is 10.5. The molecule has 0 aliphatic rings. The first-order valence-corrected chi connectivity index (χ1v) is 3.16. The molecule has 0 spiro atoms. The van der Waals surface area contributed by atoms with Crippen molar-refractivity contribution >= 4 is 10.3 Å². The third-order valence-electron chi connectivity index (χ3n) is 0.559. The van der Waals surface area contributed by atoms with Crippen LogP contribution in [0.3, 0.4) is 0 Å². The molecule has 10 heavy (non-hydrogen) atoms. The van der Waals surface area contributed by atoms with Gasteiger partial charge in [0.2, 0.25) is 10.3 Å². The quantitative estimate of drug-likeness (QED) is 0.310. The van der Waals surface area contributed by atoms with E-state index in [0.29, 0.717) is 6.33 Å². The summed E-state index contributed by atoms with van der Waals surface area (Å²) in [6.07, 6.45) is 0.711. The van der Waals surface area contributed by atoms with Gasteiger partial charge in [0.25, 0.3) is 0 Å². The molecular formula is CHN4NaO3S. The van der Waals surface area contributed by atoms with Gasteiger partial charge in [0.1, 0.15) is 0 Å². The molecule has 0 unspecified atom stereocenters. The maximum absolute atomic E-state index is 9.96. The number of tetrazole rings is 1. The van der Waals surface area contributed by atoms with Gasteiger partial charge in [-0.25, -0.2) is 8.42 Å². The van der Waals surface area contributed by atoms with Crippen molar-refractivity contribution in [2.24, 2.45) is 0 Å². The van der Waals surface area contributed by atoms with Crippen LogP contribution in [0, 0.1) is 0 Å². The van der Waals surface area contributed by atoms with Crippen LogP contribution in [-0.4, -0.2) is 32.6 Å². The van der Waals surface area contributed by atoms with E-state index in [4.69, 9.17) is 0 Å². The van der Waals surface area contributed by atoms with Crippen molar-refractivity contribution in [1.29, 1.82) is 0 Å². The fourth-order valence-electron chi connectivity index (χ4n) is 0.255. The Labute approximate surface area is 78.6 Å². The van der Waals surface area contributed by atoms with Gasteiger partial charge in [0.15, 0.2) is 6.33 Å². The molecule has 0 aliphatic heterocycles. The third kappa shape index (κ3) is 2.31. The first-order valence-electron chi connectivity index (χ1n) is 1.80. The van der Waals surface area contributed by atoms with Crippen LogP contribution in [0.1, 0.15) is 0 Å². The van der Waals surface area contributed by atoms with E-state index < -0.39 is 10.3 Å². The van der Waals surface area contributed by atoms with E-state index in [1.165, 1.54) is 0 Å². The van der Waals surface area contributed by atoms with Gasteiger partial charge in [-0.2, -0.15) is 0 Å². The van der Waals surface area contributed by atoms with Crippen molar-refractivity contribution in [3.8, 4) is 0 Å². The number of aromatic nitrogens is 4. The monoisotopic (exact) mass is 172 g/mol. The van der Waals surface area contributed by atoms with Crippen molar-refractivity contribution in [2.45, 2.75) is 0 Å². The van der Waals surface area contributed by atoms with Crippen molar-refractivity contribution in [3.63, 3.8) is 0 Å². The van der Waals surface area contributed by atoms with E-state index in [1.54, 1.807) is 0 Å². The predicted octanol–water partition coefficient (Wildman–Crippen LogP) is -5.01. The summed E-state index contributed by atoms with van der Waals surface area (Å²) < 4.78 is 30.0. The molecule has 0 amide bonds. The molecule has 50 valence electrons. The molecule has 1 aromatic rings. The molecule has 7 nitrogen and oxygen atoms in total. The van der Waals surface area contributed by atoms with Crippen LogP contribution < -0.4 is 29.6 Å². The Morgan fingerprint density at radius 1 is 1.50 bits per heavy atom. The Hall–Kier alpha value is -0.0200. The molecule has 0 aromatic carbocycles. The number of hydrogen-bond acceptors (Lipinski definition) is 6. The standard InChI is InChI=1S/CH2N4O3S.Na/c6-9(7,8)5-1-2-3-4-5;/h1H,(H,6,7,8);/q;+1/p-1. The minimum absolute atomic E-state index is 0. The van der Waals surface area contributed by atoms with Crippen molar-refractivity contribution in [1.82, 2.24) is 19.6 Å². The molecule has 1 heterocycles. The first-order chi connectivity index (χ1) is 4.11. The van der Waals surface area contributed by atoms with Crippen LogP contribution >= 0.6 is 0 Å². The molecule has 1 aromatic heterocycles. The summed E-state index contributed by atoms with van der Waals surface area (Å²) in [5.74, 6) is 0. The minimum atomic E-state index is -4.53. The second-order valence-electron chi connectivity index (χ2n) is 1.14. The summed E-state index contributed by atoms with van der Waals surface area (Å²) in [7, 11) is -4.53. The molecule has 0 saturated heterocycles. The van der Waals surface area contributed by atoms with Gasteiger partial charge < -0.3 is 4.55 Å². The third-order valence-corrected chi connectivity index (χ3v) is 1.18. The number of rotatable bonds is 1. The topological polar surface area (TPSA) is 101 Å². The van der Waals surface area contributed by atoms with Crippen LogP contribution in [-0.2, 0) is 10.3 Å². The molecule has 0 bridgehead atoms. The van der Waals surface area contributed by atoms with E-state index in [9.17, 15) is 13.0 Å². The summed E-state index contributed by atoms with van der Waals surface area (Å²) in [5.41, 5.74) is 0. The van der Waals surface area contributed by atoms with E-state index >= 15 is 0 Å². The minimum Gasteiger partial charge on any atom is -0.729 e. The largest absolute Gasteiger partial charge is 1.00 e. The smallest absolute Gasteiger partial charge is 0.729 e. The van der Waals surface area contributed by atoms with E-state index in [2.05, 4.69) is 15.5 Å². The van der Waals surface area contributed by atoms with Gasteiger partial charge in [0.05, 0.1) is 0 Å².